The molecule has 0 saturated heterocycles. The van der Waals surface area contributed by atoms with E-state index >= 15 is 0 Å². The van der Waals surface area contributed by atoms with Gasteiger partial charge in [0.15, 0.2) is 22.4 Å². The summed E-state index contributed by atoms with van der Waals surface area (Å²) in [5.74, 6) is -1.52. The fourth-order valence-corrected chi connectivity index (χ4v) is 8.28. The minimum atomic E-state index is -0.876. The Balaban J connectivity index is 1.80. The van der Waals surface area contributed by atoms with Gasteiger partial charge in [0.25, 0.3) is 0 Å². The first-order valence-electron chi connectivity index (χ1n) is 16.0. The first-order valence-corrected chi connectivity index (χ1v) is 16.0. The number of rotatable bonds is 9. The van der Waals surface area contributed by atoms with Crippen LogP contribution in [0.15, 0.2) is 27.3 Å². The molecule has 5 aromatic rings. The van der Waals surface area contributed by atoms with Gasteiger partial charge in [-0.25, -0.2) is 0 Å². The molecule has 0 bridgehead atoms. The number of phenols is 1. The molecule has 5 aromatic carbocycles. The lowest BCUT2D eigenvalue weighted by Crippen LogP contribution is -2.52. The first-order chi connectivity index (χ1) is 22.9. The summed E-state index contributed by atoms with van der Waals surface area (Å²) in [6.45, 7) is 6.80. The Morgan fingerprint density at radius 3 is 2.08 bits per heavy atom. The van der Waals surface area contributed by atoms with Gasteiger partial charge in [-0.1, -0.05) is 11.6 Å². The molecule has 0 spiro atoms. The van der Waals surface area contributed by atoms with E-state index in [2.05, 4.69) is 10.6 Å². The summed E-state index contributed by atoms with van der Waals surface area (Å²) in [7, 11) is 1.37. The molecule has 2 aliphatic rings. The van der Waals surface area contributed by atoms with Crippen LogP contribution in [0, 0.1) is 0 Å². The Bertz CT molecular complexity index is 2330. The monoisotopic (exact) mass is 654 g/mol. The topological polar surface area (TPSA) is 175 Å². The molecule has 0 amide bonds. The number of carbonyl (C=O) groups is 1. The minimum Gasteiger partial charge on any atom is -0.504 e. The molecule has 1 heterocycles. The number of ketones is 1. The maximum absolute atomic E-state index is 14.3. The molecule has 2 atom stereocenters. The standard InChI is InChI=1S/C37H38N2O9/c1-15-10-19-26-29-24(17(13-41)11-20(44)27(29)34-33(19)39-37(3,4)22(38-34)6-8-48-9-7-40)25-18(14-42)12-21(45)28-30(25)31(26)32(23(15)16(2)43)36(47-5)35(28)46/h10-12,22-23,38-42,46H,6-9,13-14H2,1-5H3. The number of aromatic hydroxyl groups is 1. The number of fused-ring (bicyclic) bond motifs is 4. The lowest BCUT2D eigenvalue weighted by molar-refractivity contribution is -0.117. The van der Waals surface area contributed by atoms with Gasteiger partial charge in [-0.05, 0) is 73.5 Å². The zero-order valence-corrected chi connectivity index (χ0v) is 27.5. The highest BCUT2D eigenvalue weighted by atomic mass is 16.5. The number of hydrogen-bond acceptors (Lipinski definition) is 11. The Morgan fingerprint density at radius 1 is 0.875 bits per heavy atom. The molecule has 2 unspecified atom stereocenters. The molecule has 11 heteroatoms. The van der Waals surface area contributed by atoms with Gasteiger partial charge < -0.3 is 40.5 Å². The van der Waals surface area contributed by atoms with Crippen molar-refractivity contribution in [2.45, 2.75) is 64.8 Å². The van der Waals surface area contributed by atoms with Crippen LogP contribution in [0.5, 0.6) is 11.5 Å². The van der Waals surface area contributed by atoms with Crippen LogP contribution in [-0.2, 0) is 22.7 Å². The Labute approximate surface area is 275 Å². The number of phenolic OH excluding ortho intramolecular Hbond substituents is 1. The summed E-state index contributed by atoms with van der Waals surface area (Å²) >= 11 is 0. The van der Waals surface area contributed by atoms with Crippen molar-refractivity contribution >= 4 is 66.3 Å². The molecule has 11 nitrogen and oxygen atoms in total. The second-order valence-electron chi connectivity index (χ2n) is 13.4. The minimum absolute atomic E-state index is 0.0116. The smallest absolute Gasteiger partial charge is 0.190 e. The van der Waals surface area contributed by atoms with Crippen LogP contribution >= 0.6 is 0 Å². The van der Waals surface area contributed by atoms with Gasteiger partial charge in [0.1, 0.15) is 5.78 Å². The van der Waals surface area contributed by atoms with Gasteiger partial charge in [0, 0.05) is 33.9 Å². The zero-order valence-electron chi connectivity index (χ0n) is 27.5. The van der Waals surface area contributed by atoms with Crippen molar-refractivity contribution in [2.24, 2.45) is 0 Å². The van der Waals surface area contributed by atoms with E-state index in [1.165, 1.54) is 26.2 Å². The number of hydrogen-bond donors (Lipinski definition) is 6. The molecule has 48 heavy (non-hydrogen) atoms. The lowest BCUT2D eigenvalue weighted by atomic mass is 9.78. The highest BCUT2D eigenvalue weighted by molar-refractivity contribution is 6.40. The van der Waals surface area contributed by atoms with Crippen LogP contribution < -0.4 is 26.2 Å². The van der Waals surface area contributed by atoms with E-state index in [1.54, 1.807) is 0 Å². The molecule has 0 fully saturated rings. The second-order valence-corrected chi connectivity index (χ2v) is 13.4. The number of ether oxygens (including phenoxy) is 2. The van der Waals surface area contributed by atoms with Gasteiger partial charge in [0.05, 0.1) is 73.2 Å². The third kappa shape index (κ3) is 4.24. The number of aliphatic hydroxyl groups excluding tert-OH is 3. The van der Waals surface area contributed by atoms with Crippen LogP contribution in [0.2, 0.25) is 0 Å². The van der Waals surface area contributed by atoms with E-state index in [4.69, 9.17) is 9.47 Å². The molecule has 1 aliphatic carbocycles. The Morgan fingerprint density at radius 2 is 1.50 bits per heavy atom. The van der Waals surface area contributed by atoms with Gasteiger partial charge in [-0.15, -0.1) is 0 Å². The highest BCUT2D eigenvalue weighted by Crippen LogP contribution is 2.57. The van der Waals surface area contributed by atoms with Crippen LogP contribution in [0.4, 0.5) is 11.4 Å². The van der Waals surface area contributed by atoms with E-state index in [-0.39, 0.29) is 47.2 Å². The first kappa shape index (κ1) is 32.0. The van der Waals surface area contributed by atoms with Gasteiger partial charge in [-0.2, -0.15) is 0 Å². The Kier molecular flexibility index (Phi) is 7.52. The summed E-state index contributed by atoms with van der Waals surface area (Å²) < 4.78 is 11.4. The second kappa shape index (κ2) is 11.3. The van der Waals surface area contributed by atoms with Crippen molar-refractivity contribution in [1.82, 2.24) is 0 Å². The zero-order chi connectivity index (χ0) is 34.4. The van der Waals surface area contributed by atoms with Crippen molar-refractivity contribution in [3.8, 4) is 11.5 Å². The molecule has 7 rings (SSSR count). The lowest BCUT2D eigenvalue weighted by Gasteiger charge is -2.44. The summed E-state index contributed by atoms with van der Waals surface area (Å²) in [4.78, 5) is 41.6. The molecule has 250 valence electrons. The maximum atomic E-state index is 14.3. The van der Waals surface area contributed by atoms with Crippen molar-refractivity contribution in [1.29, 1.82) is 0 Å². The summed E-state index contributed by atoms with van der Waals surface area (Å²) in [5, 5.41) is 52.7. The average molecular weight is 655 g/mol. The van der Waals surface area contributed by atoms with E-state index in [9.17, 15) is 34.8 Å². The number of allylic oxidation sites excluding steroid dienone is 1. The Hall–Kier alpha value is -4.55. The number of nitrogens with one attached hydrogen (secondary N) is 2. The molecular weight excluding hydrogens is 616 g/mol. The van der Waals surface area contributed by atoms with Crippen LogP contribution in [0.1, 0.15) is 62.3 Å². The van der Waals surface area contributed by atoms with E-state index in [0.29, 0.717) is 84.4 Å². The number of aliphatic hydroxyl groups is 3. The van der Waals surface area contributed by atoms with Gasteiger partial charge >= 0.3 is 0 Å². The highest BCUT2D eigenvalue weighted by Gasteiger charge is 2.41. The van der Waals surface area contributed by atoms with Crippen molar-refractivity contribution in [3.05, 3.63) is 60.4 Å². The molecule has 6 N–H and O–H groups in total. The number of carbonyl (C=O) groups excluding carboxylic acids is 1. The van der Waals surface area contributed by atoms with Crippen LogP contribution in [-0.4, -0.2) is 64.7 Å². The van der Waals surface area contributed by atoms with Gasteiger partial charge in [-0.3, -0.25) is 14.4 Å². The fourth-order valence-electron chi connectivity index (χ4n) is 8.28. The number of benzene rings is 5. The largest absolute Gasteiger partial charge is 0.504 e. The summed E-state index contributed by atoms with van der Waals surface area (Å²) in [6, 6.07) is 2.43. The predicted octanol–water partition coefficient (Wildman–Crippen LogP) is 4.07. The number of anilines is 2. The third-order valence-electron chi connectivity index (χ3n) is 10.2. The molecule has 0 aromatic heterocycles. The van der Waals surface area contributed by atoms with Gasteiger partial charge in [0.2, 0.25) is 0 Å². The quantitative estimate of drug-likeness (QED) is 0.0768. The van der Waals surface area contributed by atoms with E-state index in [0.717, 1.165) is 0 Å². The molecular formula is C37H38N2O9. The summed E-state index contributed by atoms with van der Waals surface area (Å²) in [5.41, 5.74) is 2.00. The fraction of sp³-hybridized carbons (Fsp3) is 0.378. The third-order valence-corrected chi connectivity index (χ3v) is 10.2. The predicted molar refractivity (Wildman–Crippen MR) is 186 cm³/mol. The molecule has 0 radical (unpaired) electrons. The SMILES string of the molecule is COc1c(O)c2c(=O)cc(CO)c3c4c(CO)cc(=O)c5c6c(c7c(c(c1C(C(C)=O)C(C)=C7)c23)c54)NC(C)(C)C(CCOCCO)N6. The molecule has 1 aliphatic heterocycles. The molecule has 0 saturated carbocycles. The van der Waals surface area contributed by atoms with Crippen molar-refractivity contribution < 1.29 is 34.7 Å². The number of Topliss-reactive ketones (excluding diaryl/α,β-unsaturated/α-hetero) is 1. The normalized spacial score (nSPS) is 18.3. The van der Waals surface area contributed by atoms with Crippen LogP contribution in [0.25, 0.3) is 49.2 Å². The average Bonchev–Trinajstić information content (AvgIpc) is 3.17. The van der Waals surface area contributed by atoms with E-state index in [1.807, 2.05) is 26.8 Å². The van der Waals surface area contributed by atoms with Crippen molar-refractivity contribution in [3.63, 3.8) is 0 Å². The van der Waals surface area contributed by atoms with E-state index < -0.39 is 35.8 Å². The van der Waals surface area contributed by atoms with Crippen molar-refractivity contribution in [2.75, 3.05) is 37.6 Å². The number of methoxy groups -OCH3 is 1. The summed E-state index contributed by atoms with van der Waals surface area (Å²) in [6.07, 6.45) is 2.47. The van der Waals surface area contributed by atoms with Crippen LogP contribution in [0.3, 0.4) is 0 Å². The maximum Gasteiger partial charge on any atom is 0.190 e.